The number of fused-ring (bicyclic) bond motifs is 1. The van der Waals surface area contributed by atoms with Crippen LogP contribution in [-0.4, -0.2) is 29.6 Å². The number of nitrogens with zero attached hydrogens (tertiary/aromatic N) is 2. The molecule has 0 N–H and O–H groups in total. The summed E-state index contributed by atoms with van der Waals surface area (Å²) < 4.78 is 13.1. The Morgan fingerprint density at radius 2 is 1.68 bits per heavy atom. The number of imide groups is 1. The van der Waals surface area contributed by atoms with Crippen LogP contribution < -0.4 is 9.47 Å². The lowest BCUT2D eigenvalue weighted by Crippen LogP contribution is -2.40. The molecule has 0 spiro atoms. The summed E-state index contributed by atoms with van der Waals surface area (Å²) in [6.07, 6.45) is 7.08. The Bertz CT molecular complexity index is 1490. The molecule has 3 fully saturated rings. The zero-order valence-corrected chi connectivity index (χ0v) is 23.1. The van der Waals surface area contributed by atoms with E-state index in [2.05, 4.69) is 64.1 Å². The first-order valence-electron chi connectivity index (χ1n) is 13.2. The van der Waals surface area contributed by atoms with Crippen LogP contribution in [0.4, 0.5) is 0 Å². The van der Waals surface area contributed by atoms with Gasteiger partial charge in [0, 0.05) is 0 Å². The molecule has 0 aromatic heterocycles. The number of amides is 2. The first-order chi connectivity index (χ1) is 18.5. The van der Waals surface area contributed by atoms with Crippen molar-refractivity contribution in [3.8, 4) is 11.5 Å². The van der Waals surface area contributed by atoms with E-state index in [0.717, 1.165) is 31.5 Å². The van der Waals surface area contributed by atoms with E-state index in [0.29, 0.717) is 36.5 Å². The Kier molecular flexibility index (Phi) is 5.80. The third-order valence-electron chi connectivity index (χ3n) is 8.55. The van der Waals surface area contributed by atoms with Crippen LogP contribution in [0, 0.1) is 39.1 Å². The molecular weight excluding hydrogens is 591 g/mol. The van der Waals surface area contributed by atoms with Crippen LogP contribution >= 0.6 is 22.6 Å². The van der Waals surface area contributed by atoms with Crippen molar-refractivity contribution in [1.29, 1.82) is 0 Å². The number of allylic oxidation sites excluding steroid dienone is 2. The van der Waals surface area contributed by atoms with E-state index < -0.39 is 0 Å². The van der Waals surface area contributed by atoms with Gasteiger partial charge in [0.05, 0.1) is 28.2 Å². The largest absolute Gasteiger partial charge is 0.490 e. The van der Waals surface area contributed by atoms with E-state index in [1.54, 1.807) is 6.21 Å². The van der Waals surface area contributed by atoms with Gasteiger partial charge in [0.1, 0.15) is 6.61 Å². The Hall–Kier alpha value is -3.20. The van der Waals surface area contributed by atoms with Crippen LogP contribution in [0.2, 0.25) is 0 Å². The first-order valence-corrected chi connectivity index (χ1v) is 14.3. The molecule has 3 aromatic rings. The van der Waals surface area contributed by atoms with Crippen LogP contribution in [0.25, 0.3) is 10.8 Å². The molecule has 1 heterocycles. The second kappa shape index (κ2) is 9.22. The third-order valence-corrected chi connectivity index (χ3v) is 9.35. The SMILES string of the molecule is CCOc1cc(/C=N\N2C(=O)[C@@H]3[C@H]4C=C[C@@H]([C@@H]5C[C@@H]45)[C@H]3C2=O)cc(I)c1OCc1cccc2ccccc12. The molecule has 2 saturated carbocycles. The Labute approximate surface area is 234 Å². The Balaban J connectivity index is 1.13. The van der Waals surface area contributed by atoms with E-state index >= 15 is 0 Å². The van der Waals surface area contributed by atoms with Crippen molar-refractivity contribution in [2.75, 3.05) is 6.61 Å². The highest BCUT2D eigenvalue weighted by Crippen LogP contribution is 2.65. The average molecular weight is 618 g/mol. The lowest BCUT2D eigenvalue weighted by Gasteiger charge is -2.37. The van der Waals surface area contributed by atoms with Crippen molar-refractivity contribution >= 4 is 51.4 Å². The Morgan fingerprint density at radius 1 is 0.974 bits per heavy atom. The summed E-state index contributed by atoms with van der Waals surface area (Å²) in [6.45, 7) is 2.81. The van der Waals surface area contributed by atoms with E-state index in [-0.39, 0.29) is 35.5 Å². The fourth-order valence-electron chi connectivity index (χ4n) is 6.81. The minimum absolute atomic E-state index is 0.157. The topological polar surface area (TPSA) is 68.2 Å². The molecule has 1 aliphatic heterocycles. The highest BCUT2D eigenvalue weighted by molar-refractivity contribution is 14.1. The van der Waals surface area contributed by atoms with Gasteiger partial charge in [-0.2, -0.15) is 10.1 Å². The van der Waals surface area contributed by atoms with Crippen molar-refractivity contribution in [1.82, 2.24) is 5.01 Å². The molecule has 3 aromatic carbocycles. The molecule has 6 atom stereocenters. The molecule has 7 heteroatoms. The molecule has 2 amide bonds. The van der Waals surface area contributed by atoms with Crippen LogP contribution in [0.3, 0.4) is 0 Å². The van der Waals surface area contributed by atoms with Gasteiger partial charge in [-0.25, -0.2) is 0 Å². The number of hydrogen-bond acceptors (Lipinski definition) is 5. The van der Waals surface area contributed by atoms with Crippen molar-refractivity contribution in [2.45, 2.75) is 20.0 Å². The van der Waals surface area contributed by atoms with Crippen LogP contribution in [0.5, 0.6) is 11.5 Å². The number of benzene rings is 3. The molecule has 38 heavy (non-hydrogen) atoms. The summed E-state index contributed by atoms with van der Waals surface area (Å²) in [7, 11) is 0. The van der Waals surface area contributed by atoms with Gasteiger partial charge in [-0.3, -0.25) is 9.59 Å². The predicted molar refractivity (Wildman–Crippen MR) is 153 cm³/mol. The molecule has 0 radical (unpaired) electrons. The number of ether oxygens (including phenoxy) is 2. The monoisotopic (exact) mass is 618 g/mol. The van der Waals surface area contributed by atoms with Gasteiger partial charge in [0.25, 0.3) is 11.8 Å². The molecular formula is C31H27IN2O4. The maximum absolute atomic E-state index is 13.2. The summed E-state index contributed by atoms with van der Waals surface area (Å²) in [5.74, 6) is 1.99. The van der Waals surface area contributed by atoms with E-state index in [9.17, 15) is 9.59 Å². The summed E-state index contributed by atoms with van der Waals surface area (Å²) in [5.41, 5.74) is 1.84. The second-order valence-corrected chi connectivity index (χ2v) is 11.7. The van der Waals surface area contributed by atoms with Gasteiger partial charge in [0.15, 0.2) is 11.5 Å². The zero-order valence-electron chi connectivity index (χ0n) is 20.9. The van der Waals surface area contributed by atoms with Crippen molar-refractivity contribution < 1.29 is 19.1 Å². The first kappa shape index (κ1) is 23.9. The Morgan fingerprint density at radius 3 is 2.42 bits per heavy atom. The summed E-state index contributed by atoms with van der Waals surface area (Å²) in [6, 6.07) is 18.3. The van der Waals surface area contributed by atoms with E-state index in [4.69, 9.17) is 9.47 Å². The maximum Gasteiger partial charge on any atom is 0.254 e. The highest BCUT2D eigenvalue weighted by atomic mass is 127. The van der Waals surface area contributed by atoms with Crippen LogP contribution in [-0.2, 0) is 16.2 Å². The van der Waals surface area contributed by atoms with E-state index in [1.807, 2.05) is 37.3 Å². The minimum Gasteiger partial charge on any atom is -0.490 e. The molecule has 2 bridgehead atoms. The highest BCUT2D eigenvalue weighted by Gasteiger charge is 2.67. The van der Waals surface area contributed by atoms with Crippen LogP contribution in [0.1, 0.15) is 24.5 Å². The van der Waals surface area contributed by atoms with Crippen LogP contribution in [0.15, 0.2) is 71.9 Å². The third kappa shape index (κ3) is 3.77. The molecule has 8 rings (SSSR count). The molecule has 6 nitrogen and oxygen atoms in total. The second-order valence-electron chi connectivity index (χ2n) is 10.6. The molecule has 5 aliphatic rings. The fraction of sp³-hybridized carbons (Fsp3) is 0.323. The number of rotatable bonds is 7. The zero-order chi connectivity index (χ0) is 26.0. The maximum atomic E-state index is 13.2. The van der Waals surface area contributed by atoms with Crippen molar-refractivity contribution in [3.05, 3.63) is 81.4 Å². The van der Waals surface area contributed by atoms with Gasteiger partial charge in [-0.1, -0.05) is 54.6 Å². The number of hydrogen-bond donors (Lipinski definition) is 0. The normalized spacial score (nSPS) is 28.7. The molecule has 0 unspecified atom stereocenters. The quantitative estimate of drug-likeness (QED) is 0.145. The van der Waals surface area contributed by atoms with Crippen molar-refractivity contribution in [2.24, 2.45) is 40.6 Å². The van der Waals surface area contributed by atoms with Gasteiger partial charge in [-0.15, -0.1) is 0 Å². The summed E-state index contributed by atoms with van der Waals surface area (Å²) in [5, 5.41) is 7.85. The van der Waals surface area contributed by atoms with Gasteiger partial charge in [0.2, 0.25) is 0 Å². The van der Waals surface area contributed by atoms with E-state index in [1.165, 1.54) is 5.39 Å². The van der Waals surface area contributed by atoms with Crippen molar-refractivity contribution in [3.63, 3.8) is 0 Å². The van der Waals surface area contributed by atoms with Gasteiger partial charge in [-0.05, 0) is 93.6 Å². The number of hydrazone groups is 1. The molecule has 1 saturated heterocycles. The number of carbonyl (C=O) groups excluding carboxylic acids is 2. The fourth-order valence-corrected chi connectivity index (χ4v) is 7.59. The van der Waals surface area contributed by atoms with Gasteiger partial charge < -0.3 is 9.47 Å². The standard InChI is InChI=1S/C31H27IN2O4/c1-2-37-26-13-17(12-25(32)29(26)38-16-19-8-5-7-18-6-3-4-9-20(18)19)15-33-34-30(35)27-21-10-11-22(24-14-23(21)24)28(27)31(34)36/h3-13,15,21-24,27-28H,2,14,16H2,1H3/b33-15-/t21-,22-,23-,24-,27+,28+/m0/s1. The minimum atomic E-state index is -0.248. The molecule has 4 aliphatic carbocycles. The number of carbonyl (C=O) groups is 2. The lowest BCUT2D eigenvalue weighted by atomic mass is 9.63. The summed E-state index contributed by atoms with van der Waals surface area (Å²) in [4.78, 5) is 26.5. The number of halogens is 1. The smallest absolute Gasteiger partial charge is 0.254 e. The molecule has 192 valence electrons. The predicted octanol–water partition coefficient (Wildman–Crippen LogP) is 5.81. The average Bonchev–Trinajstić information content (AvgIpc) is 3.71. The summed E-state index contributed by atoms with van der Waals surface area (Å²) >= 11 is 2.23. The van der Waals surface area contributed by atoms with Gasteiger partial charge >= 0.3 is 0 Å². The lowest BCUT2D eigenvalue weighted by molar-refractivity contribution is -0.140.